The number of rotatable bonds is 6. The van der Waals surface area contributed by atoms with Crippen LogP contribution in [0.2, 0.25) is 0 Å². The van der Waals surface area contributed by atoms with Gasteiger partial charge in [-0.05, 0) is 42.0 Å². The van der Waals surface area contributed by atoms with Crippen molar-refractivity contribution >= 4 is 40.7 Å². The summed E-state index contributed by atoms with van der Waals surface area (Å²) in [6.45, 7) is 0. The van der Waals surface area contributed by atoms with Gasteiger partial charge in [-0.25, -0.2) is 4.79 Å². The third kappa shape index (κ3) is 6.83. The zero-order chi connectivity index (χ0) is 22.1. The molecule has 0 aliphatic carbocycles. The van der Waals surface area contributed by atoms with Crippen LogP contribution in [0.5, 0.6) is 11.5 Å². The molecule has 0 fully saturated rings. The van der Waals surface area contributed by atoms with Gasteiger partial charge in [-0.3, -0.25) is 10.1 Å². The molecule has 8 heteroatoms. The van der Waals surface area contributed by atoms with E-state index >= 15 is 0 Å². The van der Waals surface area contributed by atoms with Crippen molar-refractivity contribution < 1.29 is 19.1 Å². The monoisotopic (exact) mass is 435 g/mol. The summed E-state index contributed by atoms with van der Waals surface area (Å²) in [6.07, 6.45) is -0.495. The average molecular weight is 436 g/mol. The standard InChI is InChI=1S/C23H21N3O4S/c1-29-23(28)26-22(31)25-19-13-12-18(30-17-10-6-3-7-11-17)15-20(19)24-21(27)14-16-8-4-2-5-9-16/h2-13,15H,14H2,1H3,(H,24,27)(H2,25,26,28,31). The van der Waals surface area contributed by atoms with Crippen LogP contribution < -0.4 is 20.7 Å². The predicted molar refractivity (Wildman–Crippen MR) is 123 cm³/mol. The molecule has 7 nitrogen and oxygen atoms in total. The second kappa shape index (κ2) is 10.7. The number of ether oxygens (including phenoxy) is 2. The molecule has 0 radical (unpaired) electrons. The first-order chi connectivity index (χ1) is 15.0. The number of nitrogens with one attached hydrogen (secondary N) is 3. The first kappa shape index (κ1) is 21.8. The van der Waals surface area contributed by atoms with Gasteiger partial charge in [-0.2, -0.15) is 0 Å². The molecule has 0 aromatic heterocycles. The smallest absolute Gasteiger partial charge is 0.413 e. The second-order valence-electron chi connectivity index (χ2n) is 6.40. The predicted octanol–water partition coefficient (Wildman–Crippen LogP) is 4.71. The normalized spacial score (nSPS) is 9.97. The second-order valence-corrected chi connectivity index (χ2v) is 6.81. The number of para-hydroxylation sites is 1. The van der Waals surface area contributed by atoms with Crippen molar-refractivity contribution in [1.82, 2.24) is 5.32 Å². The van der Waals surface area contributed by atoms with Crippen LogP contribution in [0.15, 0.2) is 78.9 Å². The Hall–Kier alpha value is -3.91. The van der Waals surface area contributed by atoms with Crippen LogP contribution in [0.1, 0.15) is 5.56 Å². The lowest BCUT2D eigenvalue weighted by molar-refractivity contribution is -0.115. The Kier molecular flexibility index (Phi) is 7.56. The highest BCUT2D eigenvalue weighted by Crippen LogP contribution is 2.30. The lowest BCUT2D eigenvalue weighted by Gasteiger charge is -2.16. The van der Waals surface area contributed by atoms with E-state index in [1.807, 2.05) is 60.7 Å². The maximum atomic E-state index is 12.6. The molecule has 0 unspecified atom stereocenters. The number of anilines is 2. The Balaban J connectivity index is 1.80. The molecule has 0 bridgehead atoms. The van der Waals surface area contributed by atoms with Gasteiger partial charge in [0.2, 0.25) is 5.91 Å². The highest BCUT2D eigenvalue weighted by atomic mass is 32.1. The van der Waals surface area contributed by atoms with Crippen molar-refractivity contribution in [2.24, 2.45) is 0 Å². The molecule has 0 aliphatic rings. The number of thiocarbonyl (C=S) groups is 1. The molecule has 3 N–H and O–H groups in total. The minimum Gasteiger partial charge on any atom is -0.457 e. The number of amides is 2. The molecular weight excluding hydrogens is 414 g/mol. The van der Waals surface area contributed by atoms with Gasteiger partial charge in [0.15, 0.2) is 5.11 Å². The number of hydrogen-bond donors (Lipinski definition) is 3. The summed E-state index contributed by atoms with van der Waals surface area (Å²) in [6, 6.07) is 23.8. The molecule has 0 atom stereocenters. The van der Waals surface area contributed by atoms with Gasteiger partial charge < -0.3 is 20.1 Å². The van der Waals surface area contributed by atoms with E-state index in [-0.39, 0.29) is 17.4 Å². The largest absolute Gasteiger partial charge is 0.457 e. The average Bonchev–Trinajstić information content (AvgIpc) is 2.76. The summed E-state index contributed by atoms with van der Waals surface area (Å²) < 4.78 is 10.4. The summed E-state index contributed by atoms with van der Waals surface area (Å²) in [5.74, 6) is 0.976. The summed E-state index contributed by atoms with van der Waals surface area (Å²) in [5.41, 5.74) is 1.82. The minimum atomic E-state index is -0.698. The minimum absolute atomic E-state index is 0.0298. The van der Waals surface area contributed by atoms with Gasteiger partial charge in [0.25, 0.3) is 0 Å². The molecule has 0 aliphatic heterocycles. The fourth-order valence-electron chi connectivity index (χ4n) is 2.70. The van der Waals surface area contributed by atoms with E-state index < -0.39 is 6.09 Å². The number of carbonyl (C=O) groups is 2. The molecule has 0 heterocycles. The van der Waals surface area contributed by atoms with Gasteiger partial charge >= 0.3 is 6.09 Å². The molecule has 31 heavy (non-hydrogen) atoms. The van der Waals surface area contributed by atoms with Gasteiger partial charge in [-0.15, -0.1) is 0 Å². The van der Waals surface area contributed by atoms with Crippen molar-refractivity contribution in [1.29, 1.82) is 0 Å². The van der Waals surface area contributed by atoms with E-state index in [1.165, 1.54) is 7.11 Å². The molecule has 3 aromatic rings. The number of alkyl carbamates (subject to hydrolysis) is 1. The van der Waals surface area contributed by atoms with Gasteiger partial charge in [0, 0.05) is 6.07 Å². The molecule has 0 saturated heterocycles. The Morgan fingerprint density at radius 1 is 0.839 bits per heavy atom. The van der Waals surface area contributed by atoms with Crippen LogP contribution in [0.25, 0.3) is 0 Å². The fourth-order valence-corrected chi connectivity index (χ4v) is 2.89. The van der Waals surface area contributed by atoms with Crippen LogP contribution in [0.3, 0.4) is 0 Å². The van der Waals surface area contributed by atoms with Crippen molar-refractivity contribution in [2.75, 3.05) is 17.7 Å². The van der Waals surface area contributed by atoms with E-state index in [0.29, 0.717) is 22.9 Å². The highest BCUT2D eigenvalue weighted by molar-refractivity contribution is 7.80. The lowest BCUT2D eigenvalue weighted by atomic mass is 10.1. The third-order valence-electron chi connectivity index (χ3n) is 4.10. The zero-order valence-corrected chi connectivity index (χ0v) is 17.6. The van der Waals surface area contributed by atoms with Crippen molar-refractivity contribution in [3.63, 3.8) is 0 Å². The van der Waals surface area contributed by atoms with Crippen molar-refractivity contribution in [3.8, 4) is 11.5 Å². The van der Waals surface area contributed by atoms with Gasteiger partial charge in [-0.1, -0.05) is 48.5 Å². The summed E-state index contributed by atoms with van der Waals surface area (Å²) in [7, 11) is 1.24. The molecule has 2 amide bonds. The van der Waals surface area contributed by atoms with Crippen LogP contribution >= 0.6 is 12.2 Å². The Morgan fingerprint density at radius 2 is 1.52 bits per heavy atom. The van der Waals surface area contributed by atoms with Crippen LogP contribution in [0, 0.1) is 0 Å². The lowest BCUT2D eigenvalue weighted by Crippen LogP contribution is -2.34. The number of benzene rings is 3. The van der Waals surface area contributed by atoms with Crippen LogP contribution in [-0.4, -0.2) is 24.2 Å². The fraction of sp³-hybridized carbons (Fsp3) is 0.0870. The topological polar surface area (TPSA) is 88.7 Å². The molecule has 0 spiro atoms. The van der Waals surface area contributed by atoms with E-state index in [2.05, 4.69) is 20.7 Å². The summed E-state index contributed by atoms with van der Waals surface area (Å²) in [5, 5.41) is 8.16. The van der Waals surface area contributed by atoms with E-state index in [1.54, 1.807) is 18.2 Å². The maximum Gasteiger partial charge on any atom is 0.413 e. The Labute approximate surface area is 185 Å². The quantitative estimate of drug-likeness (QED) is 0.486. The van der Waals surface area contributed by atoms with Gasteiger partial charge in [0.05, 0.1) is 24.9 Å². The number of hydrogen-bond acceptors (Lipinski definition) is 5. The number of methoxy groups -OCH3 is 1. The number of carbonyl (C=O) groups excluding carboxylic acids is 2. The molecule has 158 valence electrons. The van der Waals surface area contributed by atoms with Crippen molar-refractivity contribution in [2.45, 2.75) is 6.42 Å². The molecule has 0 saturated carbocycles. The van der Waals surface area contributed by atoms with Crippen LogP contribution in [0.4, 0.5) is 16.2 Å². The Bertz CT molecular complexity index is 1060. The van der Waals surface area contributed by atoms with E-state index in [0.717, 1.165) is 5.56 Å². The van der Waals surface area contributed by atoms with Gasteiger partial charge in [0.1, 0.15) is 11.5 Å². The molecule has 3 aromatic carbocycles. The van der Waals surface area contributed by atoms with Crippen LogP contribution in [-0.2, 0) is 16.0 Å². The highest BCUT2D eigenvalue weighted by Gasteiger charge is 2.12. The third-order valence-corrected chi connectivity index (χ3v) is 4.30. The van der Waals surface area contributed by atoms with E-state index in [4.69, 9.17) is 17.0 Å². The zero-order valence-electron chi connectivity index (χ0n) is 16.8. The molecule has 3 rings (SSSR count). The SMILES string of the molecule is COC(=O)NC(=S)Nc1ccc(Oc2ccccc2)cc1NC(=O)Cc1ccccc1. The first-order valence-electron chi connectivity index (χ1n) is 9.40. The first-order valence-corrected chi connectivity index (χ1v) is 9.81. The summed E-state index contributed by atoms with van der Waals surface area (Å²) >= 11 is 5.13. The van der Waals surface area contributed by atoms with Crippen molar-refractivity contribution in [3.05, 3.63) is 84.4 Å². The van der Waals surface area contributed by atoms with E-state index in [9.17, 15) is 9.59 Å². The summed E-state index contributed by atoms with van der Waals surface area (Å²) in [4.78, 5) is 24.0. The molecular formula is C23H21N3O4S. The Morgan fingerprint density at radius 3 is 2.19 bits per heavy atom. The maximum absolute atomic E-state index is 12.6.